The summed E-state index contributed by atoms with van der Waals surface area (Å²) in [4.78, 5) is 60.6. The molecule has 7 atom stereocenters. The standard InChI is InChI=1S/C23H32FNO10/c1-8-10-11-17(29)25-18-19(12(3)16(9-2)32-13(4)26)35-23(22(30)31-7,34-15(6)28)21(24)20(18)33-14(5)27/h1,12,16,18-21H,9-11H2,2-7H3,(H,25,29)/t12-,16-,18+,19?,20+,21?,23-/m1/s1. The second-order valence-corrected chi connectivity index (χ2v) is 8.02. The number of hydrogen-bond acceptors (Lipinski definition) is 10. The fourth-order valence-electron chi connectivity index (χ4n) is 3.92. The molecular weight excluding hydrogens is 469 g/mol. The van der Waals surface area contributed by atoms with Gasteiger partial charge in [0.1, 0.15) is 6.10 Å². The Balaban J connectivity index is 3.70. The van der Waals surface area contributed by atoms with Gasteiger partial charge in [-0.15, -0.1) is 12.3 Å². The van der Waals surface area contributed by atoms with E-state index in [1.807, 2.05) is 0 Å². The van der Waals surface area contributed by atoms with Gasteiger partial charge in [-0.25, -0.2) is 9.18 Å². The number of halogens is 1. The minimum absolute atomic E-state index is 0.0709. The van der Waals surface area contributed by atoms with Crippen LogP contribution in [0.3, 0.4) is 0 Å². The van der Waals surface area contributed by atoms with Crippen molar-refractivity contribution in [3.63, 3.8) is 0 Å². The summed E-state index contributed by atoms with van der Waals surface area (Å²) < 4.78 is 41.9. The third-order valence-corrected chi connectivity index (χ3v) is 5.39. The number of hydrogen-bond donors (Lipinski definition) is 1. The summed E-state index contributed by atoms with van der Waals surface area (Å²) in [5.74, 6) is -6.16. The van der Waals surface area contributed by atoms with Crippen molar-refractivity contribution in [1.29, 1.82) is 0 Å². The molecule has 1 aliphatic rings. The maximum absolute atomic E-state index is 16.0. The van der Waals surface area contributed by atoms with Crippen LogP contribution in [-0.2, 0) is 47.7 Å². The average Bonchev–Trinajstić information content (AvgIpc) is 2.78. The van der Waals surface area contributed by atoms with E-state index in [0.29, 0.717) is 0 Å². The first-order chi connectivity index (χ1) is 16.3. The van der Waals surface area contributed by atoms with Crippen LogP contribution < -0.4 is 5.32 Å². The van der Waals surface area contributed by atoms with Gasteiger partial charge in [-0.05, 0) is 6.42 Å². The van der Waals surface area contributed by atoms with Crippen molar-refractivity contribution < 1.29 is 52.0 Å². The molecule has 2 unspecified atom stereocenters. The number of carbonyl (C=O) groups excluding carboxylic acids is 5. The summed E-state index contributed by atoms with van der Waals surface area (Å²) in [5, 5.41) is 2.54. The maximum atomic E-state index is 16.0. The minimum Gasteiger partial charge on any atom is -0.464 e. The van der Waals surface area contributed by atoms with Crippen LogP contribution in [0.15, 0.2) is 0 Å². The molecule has 1 heterocycles. The third kappa shape index (κ3) is 7.39. The summed E-state index contributed by atoms with van der Waals surface area (Å²) in [6, 6.07) is -1.38. The third-order valence-electron chi connectivity index (χ3n) is 5.39. The van der Waals surface area contributed by atoms with E-state index in [1.165, 1.54) is 6.92 Å². The van der Waals surface area contributed by atoms with Gasteiger partial charge >= 0.3 is 29.7 Å². The molecule has 0 spiro atoms. The highest BCUT2D eigenvalue weighted by Crippen LogP contribution is 2.40. The van der Waals surface area contributed by atoms with Crippen LogP contribution in [-0.4, -0.2) is 73.2 Å². The van der Waals surface area contributed by atoms with Crippen LogP contribution in [0, 0.1) is 18.3 Å². The Labute approximate surface area is 203 Å². The van der Waals surface area contributed by atoms with Crippen molar-refractivity contribution in [3.05, 3.63) is 0 Å². The molecule has 12 heteroatoms. The number of rotatable bonds is 10. The molecule has 11 nitrogen and oxygen atoms in total. The number of nitrogens with one attached hydrogen (secondary N) is 1. The van der Waals surface area contributed by atoms with E-state index in [0.717, 1.165) is 21.0 Å². The molecule has 0 radical (unpaired) electrons. The van der Waals surface area contributed by atoms with Crippen LogP contribution in [0.1, 0.15) is 53.9 Å². The molecule has 1 aliphatic heterocycles. The number of esters is 4. The molecule has 1 amide bonds. The predicted molar refractivity (Wildman–Crippen MR) is 117 cm³/mol. The van der Waals surface area contributed by atoms with E-state index in [4.69, 9.17) is 25.4 Å². The van der Waals surface area contributed by atoms with Gasteiger partial charge < -0.3 is 29.0 Å². The summed E-state index contributed by atoms with van der Waals surface area (Å²) in [7, 11) is 0.921. The topological polar surface area (TPSA) is 144 Å². The predicted octanol–water partition coefficient (Wildman–Crippen LogP) is 0.963. The highest BCUT2D eigenvalue weighted by Gasteiger charge is 2.66. The van der Waals surface area contributed by atoms with Crippen LogP contribution in [0.25, 0.3) is 0 Å². The van der Waals surface area contributed by atoms with E-state index < -0.39 is 72.0 Å². The Morgan fingerprint density at radius 1 is 1.14 bits per heavy atom. The zero-order chi connectivity index (χ0) is 26.9. The molecule has 1 fully saturated rings. The van der Waals surface area contributed by atoms with Gasteiger partial charge in [0.25, 0.3) is 0 Å². The molecule has 0 aliphatic carbocycles. The fraction of sp³-hybridized carbons (Fsp3) is 0.696. The van der Waals surface area contributed by atoms with E-state index in [-0.39, 0.29) is 19.3 Å². The minimum atomic E-state index is -2.96. The number of amides is 1. The summed E-state index contributed by atoms with van der Waals surface area (Å²) in [5.41, 5.74) is 0. The van der Waals surface area contributed by atoms with Crippen LogP contribution in [0.4, 0.5) is 4.39 Å². The van der Waals surface area contributed by atoms with Crippen molar-refractivity contribution in [2.24, 2.45) is 5.92 Å². The first-order valence-corrected chi connectivity index (χ1v) is 11.0. The number of carbonyl (C=O) groups is 5. The number of methoxy groups -OCH3 is 1. The zero-order valence-electron chi connectivity index (χ0n) is 20.6. The Kier molecular flexibility index (Phi) is 11.1. The van der Waals surface area contributed by atoms with Gasteiger partial charge in [0, 0.05) is 39.5 Å². The lowest BCUT2D eigenvalue weighted by atomic mass is 9.82. The van der Waals surface area contributed by atoms with Gasteiger partial charge in [-0.2, -0.15) is 0 Å². The Morgan fingerprint density at radius 2 is 1.77 bits per heavy atom. The molecule has 1 saturated heterocycles. The Hall–Kier alpha value is -3.20. The Morgan fingerprint density at radius 3 is 2.23 bits per heavy atom. The van der Waals surface area contributed by atoms with E-state index in [1.54, 1.807) is 13.8 Å². The SMILES string of the molecule is C#CCCC(=O)N[C@H]1C([C@H](C)[C@@H](CC)OC(C)=O)O[C@@](OC(C)=O)(C(=O)OC)C(F)[C@H]1OC(C)=O. The number of alkyl halides is 1. The monoisotopic (exact) mass is 501 g/mol. The summed E-state index contributed by atoms with van der Waals surface area (Å²) >= 11 is 0. The lowest BCUT2D eigenvalue weighted by Gasteiger charge is -2.49. The van der Waals surface area contributed by atoms with Gasteiger partial charge in [-0.3, -0.25) is 19.2 Å². The van der Waals surface area contributed by atoms with Crippen molar-refractivity contribution in [2.75, 3.05) is 7.11 Å². The molecule has 0 aromatic rings. The van der Waals surface area contributed by atoms with Crippen LogP contribution in [0.2, 0.25) is 0 Å². The highest BCUT2D eigenvalue weighted by atomic mass is 19.1. The van der Waals surface area contributed by atoms with E-state index in [2.05, 4.69) is 16.0 Å². The number of ether oxygens (including phenoxy) is 5. The van der Waals surface area contributed by atoms with Crippen molar-refractivity contribution in [3.8, 4) is 12.3 Å². The maximum Gasteiger partial charge on any atom is 0.383 e. The Bertz CT molecular complexity index is 856. The fourth-order valence-corrected chi connectivity index (χ4v) is 3.92. The molecule has 1 rings (SSSR count). The first kappa shape index (κ1) is 29.8. The summed E-state index contributed by atoms with van der Waals surface area (Å²) in [6.07, 6.45) is -1.22. The zero-order valence-corrected chi connectivity index (χ0v) is 20.6. The van der Waals surface area contributed by atoms with E-state index >= 15 is 4.39 Å². The largest absolute Gasteiger partial charge is 0.464 e. The smallest absolute Gasteiger partial charge is 0.383 e. The lowest BCUT2D eigenvalue weighted by Crippen LogP contribution is -2.73. The molecule has 0 aromatic carbocycles. The molecule has 0 bridgehead atoms. The molecule has 196 valence electrons. The second kappa shape index (κ2) is 13.0. The quantitative estimate of drug-likeness (QED) is 0.261. The van der Waals surface area contributed by atoms with Gasteiger partial charge in [0.2, 0.25) is 12.1 Å². The van der Waals surface area contributed by atoms with Crippen molar-refractivity contribution >= 4 is 29.8 Å². The second-order valence-electron chi connectivity index (χ2n) is 8.02. The molecule has 35 heavy (non-hydrogen) atoms. The molecular formula is C23H32FNO10. The normalized spacial score (nSPS) is 27.4. The van der Waals surface area contributed by atoms with Gasteiger partial charge in [-0.1, -0.05) is 13.8 Å². The molecule has 1 N–H and O–H groups in total. The molecule has 0 saturated carbocycles. The van der Waals surface area contributed by atoms with Crippen molar-refractivity contribution in [1.82, 2.24) is 5.32 Å². The van der Waals surface area contributed by atoms with Crippen LogP contribution in [0.5, 0.6) is 0 Å². The van der Waals surface area contributed by atoms with E-state index in [9.17, 15) is 24.0 Å². The van der Waals surface area contributed by atoms with Crippen molar-refractivity contribution in [2.45, 2.75) is 90.2 Å². The highest BCUT2D eigenvalue weighted by molar-refractivity contribution is 5.83. The number of terminal acetylenes is 1. The average molecular weight is 502 g/mol. The van der Waals surface area contributed by atoms with Crippen LogP contribution >= 0.6 is 0 Å². The lowest BCUT2D eigenvalue weighted by molar-refractivity contribution is -0.320. The first-order valence-electron chi connectivity index (χ1n) is 11.0. The summed E-state index contributed by atoms with van der Waals surface area (Å²) in [6.45, 7) is 6.36. The van der Waals surface area contributed by atoms with Gasteiger partial charge in [0.15, 0.2) is 6.10 Å². The molecule has 0 aromatic heterocycles. The van der Waals surface area contributed by atoms with Gasteiger partial charge in [0.05, 0.1) is 19.3 Å².